The Morgan fingerprint density at radius 2 is 1.79 bits per heavy atom. The fraction of sp³-hybridized carbons (Fsp3) is 0.389. The van der Waals surface area contributed by atoms with Crippen LogP contribution in [0.3, 0.4) is 0 Å². The van der Waals surface area contributed by atoms with E-state index in [2.05, 4.69) is 17.3 Å². The quantitative estimate of drug-likeness (QED) is 0.795. The highest BCUT2D eigenvalue weighted by Gasteiger charge is 2.34. The summed E-state index contributed by atoms with van der Waals surface area (Å²) in [7, 11) is 0. The van der Waals surface area contributed by atoms with Gasteiger partial charge in [-0.05, 0) is 31.9 Å². The molecule has 6 nitrogen and oxygen atoms in total. The van der Waals surface area contributed by atoms with Crippen LogP contribution in [0.4, 0.5) is 5.69 Å². The van der Waals surface area contributed by atoms with E-state index < -0.39 is 0 Å². The van der Waals surface area contributed by atoms with Crippen LogP contribution in [0.2, 0.25) is 0 Å². The Morgan fingerprint density at radius 3 is 2.42 bits per heavy atom. The topological polar surface area (TPSA) is 67.2 Å². The zero-order valence-corrected chi connectivity index (χ0v) is 14.0. The molecular weight excluding hydrogens is 304 g/mol. The first-order valence-corrected chi connectivity index (χ1v) is 8.34. The van der Waals surface area contributed by atoms with Gasteiger partial charge < -0.3 is 5.32 Å². The van der Waals surface area contributed by atoms with E-state index in [1.807, 2.05) is 17.8 Å². The Hall–Kier alpha value is -2.63. The molecule has 1 aromatic carbocycles. The summed E-state index contributed by atoms with van der Waals surface area (Å²) in [6.07, 6.45) is 5.50. The standard InChI is InChI=1S/C18H22N4O2/c1-3-9-21-12-14(11-19-21)20-13(2)8-10-22-17(23)15-6-4-5-7-16(15)18(22)24/h4-7,11-13,20H,3,8-10H2,1-2H3/t13-/m0/s1. The number of hydrogen-bond acceptors (Lipinski definition) is 4. The molecule has 0 unspecified atom stereocenters. The Bertz CT molecular complexity index is 718. The molecule has 1 aliphatic rings. The van der Waals surface area contributed by atoms with E-state index in [4.69, 9.17) is 0 Å². The van der Waals surface area contributed by atoms with Crippen molar-refractivity contribution in [3.05, 3.63) is 47.8 Å². The van der Waals surface area contributed by atoms with E-state index in [-0.39, 0.29) is 17.9 Å². The second kappa shape index (κ2) is 6.86. The van der Waals surface area contributed by atoms with Crippen molar-refractivity contribution in [3.8, 4) is 0 Å². The van der Waals surface area contributed by atoms with Gasteiger partial charge in [0.2, 0.25) is 0 Å². The molecule has 2 amide bonds. The minimum atomic E-state index is -0.196. The zero-order valence-electron chi connectivity index (χ0n) is 14.0. The van der Waals surface area contributed by atoms with E-state index in [0.717, 1.165) is 18.7 Å². The molecule has 0 bridgehead atoms. The summed E-state index contributed by atoms with van der Waals surface area (Å²) in [6.45, 7) is 5.45. The van der Waals surface area contributed by atoms with Crippen molar-refractivity contribution < 1.29 is 9.59 Å². The normalized spacial score (nSPS) is 14.8. The van der Waals surface area contributed by atoms with Gasteiger partial charge in [0.05, 0.1) is 23.0 Å². The number of fused-ring (bicyclic) bond motifs is 1. The molecule has 0 aliphatic carbocycles. The third-order valence-electron chi connectivity index (χ3n) is 4.16. The van der Waals surface area contributed by atoms with Crippen molar-refractivity contribution in [1.29, 1.82) is 0 Å². The minimum absolute atomic E-state index is 0.133. The molecule has 0 spiro atoms. The smallest absolute Gasteiger partial charge is 0.261 e. The number of rotatable bonds is 7. The lowest BCUT2D eigenvalue weighted by Crippen LogP contribution is -2.33. The van der Waals surface area contributed by atoms with Crippen molar-refractivity contribution in [2.24, 2.45) is 0 Å². The highest BCUT2D eigenvalue weighted by Crippen LogP contribution is 2.22. The van der Waals surface area contributed by atoms with Crippen molar-refractivity contribution in [3.63, 3.8) is 0 Å². The lowest BCUT2D eigenvalue weighted by Gasteiger charge is -2.18. The molecular formula is C18H22N4O2. The maximum atomic E-state index is 12.3. The first-order valence-electron chi connectivity index (χ1n) is 8.34. The SMILES string of the molecule is CCCn1cc(N[C@@H](C)CCN2C(=O)c3ccccc3C2=O)cn1. The van der Waals surface area contributed by atoms with E-state index in [1.165, 1.54) is 4.90 Å². The first kappa shape index (κ1) is 16.2. The molecule has 2 aromatic rings. The molecule has 0 saturated heterocycles. The van der Waals surface area contributed by atoms with Crippen molar-refractivity contribution in [1.82, 2.24) is 14.7 Å². The predicted molar refractivity (Wildman–Crippen MR) is 92.0 cm³/mol. The molecule has 1 aromatic heterocycles. The Labute approximate surface area is 141 Å². The van der Waals surface area contributed by atoms with Crippen LogP contribution in [0.15, 0.2) is 36.7 Å². The lowest BCUT2D eigenvalue weighted by molar-refractivity contribution is 0.0651. The van der Waals surface area contributed by atoms with Gasteiger partial charge in [0.15, 0.2) is 0 Å². The number of amides is 2. The summed E-state index contributed by atoms with van der Waals surface area (Å²) in [5, 5.41) is 7.65. The maximum Gasteiger partial charge on any atom is 0.261 e. The number of nitrogens with one attached hydrogen (secondary N) is 1. The molecule has 3 rings (SSSR count). The van der Waals surface area contributed by atoms with E-state index >= 15 is 0 Å². The molecule has 6 heteroatoms. The summed E-state index contributed by atoms with van der Waals surface area (Å²) in [4.78, 5) is 26.0. The number of imide groups is 1. The van der Waals surface area contributed by atoms with Gasteiger partial charge in [-0.3, -0.25) is 19.2 Å². The van der Waals surface area contributed by atoms with Gasteiger partial charge in [0.1, 0.15) is 0 Å². The summed E-state index contributed by atoms with van der Waals surface area (Å²) in [5.74, 6) is -0.392. The van der Waals surface area contributed by atoms with Crippen molar-refractivity contribution in [2.75, 3.05) is 11.9 Å². The molecule has 2 heterocycles. The average Bonchev–Trinajstić information content (AvgIpc) is 3.10. The fourth-order valence-electron chi connectivity index (χ4n) is 2.91. The van der Waals surface area contributed by atoms with Gasteiger partial charge in [-0.1, -0.05) is 19.1 Å². The van der Waals surface area contributed by atoms with Crippen molar-refractivity contribution >= 4 is 17.5 Å². The summed E-state index contributed by atoms with van der Waals surface area (Å²) < 4.78 is 1.90. The number of anilines is 1. The number of hydrogen-bond donors (Lipinski definition) is 1. The Kier molecular flexibility index (Phi) is 4.64. The van der Waals surface area contributed by atoms with Crippen LogP contribution in [0.25, 0.3) is 0 Å². The van der Waals surface area contributed by atoms with Gasteiger partial charge in [-0.15, -0.1) is 0 Å². The molecule has 1 aliphatic heterocycles. The maximum absolute atomic E-state index is 12.3. The molecule has 1 atom stereocenters. The van der Waals surface area contributed by atoms with E-state index in [0.29, 0.717) is 24.1 Å². The lowest BCUT2D eigenvalue weighted by atomic mass is 10.1. The third kappa shape index (κ3) is 3.18. The molecule has 126 valence electrons. The molecule has 1 N–H and O–H groups in total. The first-order chi connectivity index (χ1) is 11.6. The number of carbonyl (C=O) groups is 2. The summed E-state index contributed by atoms with van der Waals surface area (Å²) in [6, 6.07) is 7.12. The second-order valence-corrected chi connectivity index (χ2v) is 6.13. The average molecular weight is 326 g/mol. The second-order valence-electron chi connectivity index (χ2n) is 6.13. The van der Waals surface area contributed by atoms with Gasteiger partial charge in [-0.2, -0.15) is 5.10 Å². The largest absolute Gasteiger partial charge is 0.380 e. The van der Waals surface area contributed by atoms with Crippen LogP contribution < -0.4 is 5.32 Å². The Morgan fingerprint density at radius 1 is 1.12 bits per heavy atom. The van der Waals surface area contributed by atoms with E-state index in [9.17, 15) is 9.59 Å². The summed E-state index contributed by atoms with van der Waals surface area (Å²) in [5.41, 5.74) is 1.96. The monoisotopic (exact) mass is 326 g/mol. The molecule has 0 saturated carbocycles. The minimum Gasteiger partial charge on any atom is -0.380 e. The van der Waals surface area contributed by atoms with Gasteiger partial charge in [0, 0.05) is 25.3 Å². The van der Waals surface area contributed by atoms with Gasteiger partial charge in [-0.25, -0.2) is 0 Å². The van der Waals surface area contributed by atoms with Crippen LogP contribution >= 0.6 is 0 Å². The van der Waals surface area contributed by atoms with Crippen LogP contribution in [0.1, 0.15) is 47.4 Å². The molecule has 0 fully saturated rings. The van der Waals surface area contributed by atoms with Crippen LogP contribution in [-0.4, -0.2) is 39.1 Å². The number of aryl methyl sites for hydroxylation is 1. The number of aromatic nitrogens is 2. The summed E-state index contributed by atoms with van der Waals surface area (Å²) >= 11 is 0. The zero-order chi connectivity index (χ0) is 17.1. The number of benzene rings is 1. The third-order valence-corrected chi connectivity index (χ3v) is 4.16. The van der Waals surface area contributed by atoms with Crippen LogP contribution in [0, 0.1) is 0 Å². The van der Waals surface area contributed by atoms with Gasteiger partial charge >= 0.3 is 0 Å². The highest BCUT2D eigenvalue weighted by molar-refractivity contribution is 6.21. The number of carbonyl (C=O) groups excluding carboxylic acids is 2. The van der Waals surface area contributed by atoms with Crippen LogP contribution in [0.5, 0.6) is 0 Å². The molecule has 0 radical (unpaired) electrons. The predicted octanol–water partition coefficient (Wildman–Crippen LogP) is 2.78. The molecule has 24 heavy (non-hydrogen) atoms. The fourth-order valence-corrected chi connectivity index (χ4v) is 2.91. The highest BCUT2D eigenvalue weighted by atomic mass is 16.2. The van der Waals surface area contributed by atoms with Crippen molar-refractivity contribution in [2.45, 2.75) is 39.3 Å². The Balaban J connectivity index is 1.56. The number of nitrogens with zero attached hydrogens (tertiary/aromatic N) is 3. The van der Waals surface area contributed by atoms with E-state index in [1.54, 1.807) is 30.5 Å². The van der Waals surface area contributed by atoms with Crippen LogP contribution in [-0.2, 0) is 6.54 Å². The van der Waals surface area contributed by atoms with Gasteiger partial charge in [0.25, 0.3) is 11.8 Å².